The van der Waals surface area contributed by atoms with E-state index in [1.807, 2.05) is 11.1 Å². The Morgan fingerprint density at radius 2 is 2.14 bits per heavy atom. The summed E-state index contributed by atoms with van der Waals surface area (Å²) in [7, 11) is 0. The molecule has 1 amide bonds. The fourth-order valence-corrected chi connectivity index (χ4v) is 4.05. The Hall–Kier alpha value is -1.66. The standard InChI is InChI=1S/C22H35N3O3/c1-6-9-27-15-21(26)25-8-7-24(13-19(25)16(2)3)20-10-17-11-22(4,5)28-14-18(17)12-23-20/h10,12,16,19H,6-9,11,13-15H2,1-5H3/t19-/m0/s1. The van der Waals surface area contributed by atoms with Crippen molar-refractivity contribution in [3.63, 3.8) is 0 Å². The average molecular weight is 390 g/mol. The van der Waals surface area contributed by atoms with Crippen LogP contribution in [0.15, 0.2) is 12.3 Å². The maximum absolute atomic E-state index is 12.6. The predicted molar refractivity (Wildman–Crippen MR) is 110 cm³/mol. The molecule has 0 spiro atoms. The molecule has 2 aliphatic heterocycles. The number of carbonyl (C=O) groups excluding carboxylic acids is 1. The van der Waals surface area contributed by atoms with Crippen molar-refractivity contribution in [3.8, 4) is 0 Å². The molecule has 1 fully saturated rings. The molecule has 0 aromatic carbocycles. The van der Waals surface area contributed by atoms with Crippen LogP contribution in [-0.2, 0) is 27.3 Å². The lowest BCUT2D eigenvalue weighted by atomic mass is 9.92. The van der Waals surface area contributed by atoms with Crippen molar-refractivity contribution in [3.05, 3.63) is 23.4 Å². The summed E-state index contributed by atoms with van der Waals surface area (Å²) in [5, 5.41) is 0. The maximum Gasteiger partial charge on any atom is 0.248 e. The second-order valence-electron chi connectivity index (χ2n) is 8.93. The summed E-state index contributed by atoms with van der Waals surface area (Å²) >= 11 is 0. The van der Waals surface area contributed by atoms with E-state index in [1.165, 1.54) is 11.1 Å². The third kappa shape index (κ3) is 4.84. The van der Waals surface area contributed by atoms with E-state index >= 15 is 0 Å². The predicted octanol–water partition coefficient (Wildman–Crippen LogP) is 3.03. The number of anilines is 1. The Morgan fingerprint density at radius 1 is 1.36 bits per heavy atom. The van der Waals surface area contributed by atoms with Gasteiger partial charge in [0, 0.05) is 38.9 Å². The molecule has 1 atom stereocenters. The highest BCUT2D eigenvalue weighted by Gasteiger charge is 2.33. The van der Waals surface area contributed by atoms with Gasteiger partial charge in [-0.05, 0) is 43.4 Å². The summed E-state index contributed by atoms with van der Waals surface area (Å²) < 4.78 is 11.4. The number of pyridine rings is 1. The lowest BCUT2D eigenvalue weighted by molar-refractivity contribution is -0.140. The fourth-order valence-electron chi connectivity index (χ4n) is 4.05. The van der Waals surface area contributed by atoms with Crippen LogP contribution in [0.5, 0.6) is 0 Å². The van der Waals surface area contributed by atoms with Crippen LogP contribution in [0.1, 0.15) is 52.2 Å². The first-order valence-electron chi connectivity index (χ1n) is 10.5. The summed E-state index contributed by atoms with van der Waals surface area (Å²) in [6.45, 7) is 14.5. The molecule has 28 heavy (non-hydrogen) atoms. The van der Waals surface area contributed by atoms with Crippen molar-refractivity contribution in [1.82, 2.24) is 9.88 Å². The van der Waals surface area contributed by atoms with Crippen molar-refractivity contribution < 1.29 is 14.3 Å². The number of ether oxygens (including phenoxy) is 2. The quantitative estimate of drug-likeness (QED) is 0.700. The molecule has 2 aliphatic rings. The van der Waals surface area contributed by atoms with E-state index in [0.29, 0.717) is 25.7 Å². The van der Waals surface area contributed by atoms with Crippen LogP contribution in [0.2, 0.25) is 0 Å². The molecule has 3 rings (SSSR count). The van der Waals surface area contributed by atoms with Gasteiger partial charge in [-0.1, -0.05) is 20.8 Å². The molecule has 1 aromatic rings. The third-order valence-corrected chi connectivity index (χ3v) is 5.71. The Kier molecular flexibility index (Phi) is 6.61. The van der Waals surface area contributed by atoms with Crippen LogP contribution in [0, 0.1) is 5.92 Å². The molecule has 0 bridgehead atoms. The van der Waals surface area contributed by atoms with Gasteiger partial charge in [0.1, 0.15) is 12.4 Å². The van der Waals surface area contributed by atoms with Gasteiger partial charge in [-0.25, -0.2) is 4.98 Å². The first-order valence-corrected chi connectivity index (χ1v) is 10.5. The number of hydrogen-bond acceptors (Lipinski definition) is 5. The van der Waals surface area contributed by atoms with E-state index in [0.717, 1.165) is 31.7 Å². The molecular formula is C22H35N3O3. The van der Waals surface area contributed by atoms with Crippen LogP contribution in [-0.4, -0.2) is 60.3 Å². The van der Waals surface area contributed by atoms with E-state index in [9.17, 15) is 4.79 Å². The van der Waals surface area contributed by atoms with E-state index in [4.69, 9.17) is 14.5 Å². The Balaban J connectivity index is 1.71. The van der Waals surface area contributed by atoms with Gasteiger partial charge < -0.3 is 19.3 Å². The maximum atomic E-state index is 12.6. The summed E-state index contributed by atoms with van der Waals surface area (Å²) in [6.07, 6.45) is 3.79. The normalized spacial score (nSPS) is 21.7. The second-order valence-corrected chi connectivity index (χ2v) is 8.93. The molecule has 1 saturated heterocycles. The summed E-state index contributed by atoms with van der Waals surface area (Å²) in [4.78, 5) is 21.7. The van der Waals surface area contributed by atoms with E-state index in [2.05, 4.69) is 45.6 Å². The average Bonchev–Trinajstić information content (AvgIpc) is 2.66. The van der Waals surface area contributed by atoms with Crippen molar-refractivity contribution in [2.45, 2.75) is 65.7 Å². The number of piperazine rings is 1. The minimum atomic E-state index is -0.129. The number of aromatic nitrogens is 1. The number of carbonyl (C=O) groups is 1. The first-order chi connectivity index (χ1) is 13.3. The number of hydrogen-bond donors (Lipinski definition) is 0. The zero-order chi connectivity index (χ0) is 20.3. The lowest BCUT2D eigenvalue weighted by Gasteiger charge is -2.44. The highest BCUT2D eigenvalue weighted by Crippen LogP contribution is 2.30. The number of fused-ring (bicyclic) bond motifs is 1. The Morgan fingerprint density at radius 3 is 2.86 bits per heavy atom. The fraction of sp³-hybridized carbons (Fsp3) is 0.727. The minimum Gasteiger partial charge on any atom is -0.372 e. The number of amides is 1. The molecule has 0 aliphatic carbocycles. The SMILES string of the molecule is CCCOCC(=O)N1CCN(c2cc3c(cn2)COC(C)(C)C3)C[C@H]1C(C)C. The summed E-state index contributed by atoms with van der Waals surface area (Å²) in [6, 6.07) is 2.39. The zero-order valence-corrected chi connectivity index (χ0v) is 18.0. The molecule has 3 heterocycles. The van der Waals surface area contributed by atoms with Crippen molar-refractivity contribution >= 4 is 11.7 Å². The van der Waals surface area contributed by atoms with Gasteiger partial charge in [-0.3, -0.25) is 4.79 Å². The molecule has 0 N–H and O–H groups in total. The van der Waals surface area contributed by atoms with Crippen molar-refractivity contribution in [2.24, 2.45) is 5.92 Å². The van der Waals surface area contributed by atoms with Gasteiger partial charge in [-0.2, -0.15) is 0 Å². The van der Waals surface area contributed by atoms with Gasteiger partial charge in [0.2, 0.25) is 5.91 Å². The van der Waals surface area contributed by atoms with Gasteiger partial charge >= 0.3 is 0 Å². The monoisotopic (exact) mass is 389 g/mol. The largest absolute Gasteiger partial charge is 0.372 e. The molecule has 0 radical (unpaired) electrons. The van der Waals surface area contributed by atoms with Crippen LogP contribution in [0.25, 0.3) is 0 Å². The molecule has 0 saturated carbocycles. The zero-order valence-electron chi connectivity index (χ0n) is 18.0. The molecule has 156 valence electrons. The Bertz CT molecular complexity index is 690. The minimum absolute atomic E-state index is 0.101. The molecular weight excluding hydrogens is 354 g/mol. The Labute approximate surface area is 169 Å². The van der Waals surface area contributed by atoms with Crippen molar-refractivity contribution in [1.29, 1.82) is 0 Å². The van der Waals surface area contributed by atoms with Gasteiger partial charge in [0.05, 0.1) is 18.2 Å². The summed E-state index contributed by atoms with van der Waals surface area (Å²) in [5.41, 5.74) is 2.38. The van der Waals surface area contributed by atoms with Gasteiger partial charge in [0.15, 0.2) is 0 Å². The van der Waals surface area contributed by atoms with Gasteiger partial charge in [0.25, 0.3) is 0 Å². The smallest absolute Gasteiger partial charge is 0.248 e. The second kappa shape index (κ2) is 8.78. The number of nitrogens with zero attached hydrogens (tertiary/aromatic N) is 3. The summed E-state index contributed by atoms with van der Waals surface area (Å²) in [5.74, 6) is 1.49. The molecule has 1 aromatic heterocycles. The van der Waals surface area contributed by atoms with Crippen LogP contribution < -0.4 is 4.90 Å². The van der Waals surface area contributed by atoms with Gasteiger partial charge in [-0.15, -0.1) is 0 Å². The lowest BCUT2D eigenvalue weighted by Crippen LogP contribution is -2.58. The first kappa shape index (κ1) is 21.1. The van der Waals surface area contributed by atoms with Crippen LogP contribution in [0.4, 0.5) is 5.82 Å². The third-order valence-electron chi connectivity index (χ3n) is 5.71. The molecule has 6 heteroatoms. The molecule has 6 nitrogen and oxygen atoms in total. The highest BCUT2D eigenvalue weighted by atomic mass is 16.5. The van der Waals surface area contributed by atoms with E-state index < -0.39 is 0 Å². The topological polar surface area (TPSA) is 54.9 Å². The van der Waals surface area contributed by atoms with E-state index in [-0.39, 0.29) is 24.2 Å². The van der Waals surface area contributed by atoms with Crippen molar-refractivity contribution in [2.75, 3.05) is 37.7 Å². The van der Waals surface area contributed by atoms with Crippen LogP contribution >= 0.6 is 0 Å². The van der Waals surface area contributed by atoms with Crippen LogP contribution in [0.3, 0.4) is 0 Å². The van der Waals surface area contributed by atoms with E-state index in [1.54, 1.807) is 0 Å². The molecule has 0 unspecified atom stereocenters. The highest BCUT2D eigenvalue weighted by molar-refractivity contribution is 5.78. The number of rotatable bonds is 6.